The molecule has 16 heavy (non-hydrogen) atoms. The van der Waals surface area contributed by atoms with Gasteiger partial charge in [-0.1, -0.05) is 12.1 Å². The molecule has 0 saturated carbocycles. The summed E-state index contributed by atoms with van der Waals surface area (Å²) in [5.41, 5.74) is 1.56. The molecule has 0 aliphatic heterocycles. The van der Waals surface area contributed by atoms with Crippen LogP contribution in [0.15, 0.2) is 24.5 Å². The maximum absolute atomic E-state index is 12.6. The summed E-state index contributed by atoms with van der Waals surface area (Å²) in [5, 5.41) is 9.11. The number of nitrogens with zero attached hydrogens (tertiary/aromatic N) is 3. The second kappa shape index (κ2) is 3.80. The molecule has 82 valence electrons. The second-order valence-electron chi connectivity index (χ2n) is 4.05. The summed E-state index contributed by atoms with van der Waals surface area (Å²) in [7, 11) is 0. The molecule has 1 heterocycles. The van der Waals surface area contributed by atoms with Crippen LogP contribution in [0.25, 0.3) is 11.0 Å². The van der Waals surface area contributed by atoms with Gasteiger partial charge in [0.05, 0.1) is 22.5 Å². The Labute approximate surface area is 97.3 Å². The van der Waals surface area contributed by atoms with E-state index in [1.807, 2.05) is 26.0 Å². The van der Waals surface area contributed by atoms with Gasteiger partial charge in [0, 0.05) is 0 Å². The van der Waals surface area contributed by atoms with E-state index in [1.165, 1.54) is 10.3 Å². The minimum Gasteiger partial charge on any atom is -0.245 e. The lowest BCUT2D eigenvalue weighted by Crippen LogP contribution is -2.14. The van der Waals surface area contributed by atoms with Crippen molar-refractivity contribution in [1.82, 2.24) is 8.96 Å². The van der Waals surface area contributed by atoms with Crippen LogP contribution in [0, 0.1) is 11.3 Å². The summed E-state index contributed by atoms with van der Waals surface area (Å²) >= 11 is 0.103. The molecule has 0 unspecified atom stereocenters. The van der Waals surface area contributed by atoms with Gasteiger partial charge in [0.1, 0.15) is 6.33 Å². The van der Waals surface area contributed by atoms with E-state index in [0.717, 1.165) is 5.56 Å². The molecule has 0 bridgehead atoms. The standard InChI is InChI=1S/C11H10FN3S/c1-11(2,6-13)8-4-3-5-9-10(8)14-7-15(9)16-12/h3-5,7H,1-2H3. The van der Waals surface area contributed by atoms with Crippen LogP contribution in [0.3, 0.4) is 0 Å². The van der Waals surface area contributed by atoms with Crippen molar-refractivity contribution in [3.63, 3.8) is 0 Å². The number of halogens is 1. The predicted molar refractivity (Wildman–Crippen MR) is 62.5 cm³/mol. The third-order valence-corrected chi connectivity index (χ3v) is 3.01. The zero-order chi connectivity index (χ0) is 11.8. The third kappa shape index (κ3) is 1.55. The van der Waals surface area contributed by atoms with Crippen LogP contribution >= 0.6 is 12.3 Å². The van der Waals surface area contributed by atoms with E-state index in [2.05, 4.69) is 11.1 Å². The molecule has 0 radical (unpaired) electrons. The van der Waals surface area contributed by atoms with E-state index in [1.54, 1.807) is 6.07 Å². The van der Waals surface area contributed by atoms with Gasteiger partial charge in [-0.3, -0.25) is 0 Å². The molecule has 0 aliphatic carbocycles. The van der Waals surface area contributed by atoms with E-state index < -0.39 is 5.41 Å². The molecule has 0 amide bonds. The number of rotatable bonds is 2. The van der Waals surface area contributed by atoms with Crippen molar-refractivity contribution in [2.75, 3.05) is 0 Å². The highest BCUT2D eigenvalue weighted by Crippen LogP contribution is 2.30. The summed E-state index contributed by atoms with van der Waals surface area (Å²) in [4.78, 5) is 4.15. The Kier molecular flexibility index (Phi) is 2.60. The first-order valence-corrected chi connectivity index (χ1v) is 5.44. The maximum Gasteiger partial charge on any atom is 0.171 e. The van der Waals surface area contributed by atoms with Gasteiger partial charge in [-0.25, -0.2) is 8.96 Å². The molecule has 5 heteroatoms. The van der Waals surface area contributed by atoms with E-state index in [0.29, 0.717) is 11.0 Å². The van der Waals surface area contributed by atoms with Crippen molar-refractivity contribution in [3.8, 4) is 6.07 Å². The molecule has 2 rings (SSSR count). The zero-order valence-electron chi connectivity index (χ0n) is 8.94. The number of para-hydroxylation sites is 1. The van der Waals surface area contributed by atoms with Crippen LogP contribution in [0.2, 0.25) is 0 Å². The summed E-state index contributed by atoms with van der Waals surface area (Å²) < 4.78 is 13.9. The molecular formula is C11H10FN3S. The number of nitriles is 1. The fraction of sp³-hybridized carbons (Fsp3) is 0.273. The van der Waals surface area contributed by atoms with Crippen molar-refractivity contribution >= 4 is 23.4 Å². The fourth-order valence-electron chi connectivity index (χ4n) is 1.64. The number of hydrogen-bond acceptors (Lipinski definition) is 3. The Hall–Kier alpha value is -1.54. The largest absolute Gasteiger partial charge is 0.245 e. The van der Waals surface area contributed by atoms with E-state index in [9.17, 15) is 3.89 Å². The van der Waals surface area contributed by atoms with Crippen LogP contribution in [0.4, 0.5) is 3.89 Å². The minimum atomic E-state index is -0.625. The predicted octanol–water partition coefficient (Wildman–Crippen LogP) is 3.22. The number of imidazole rings is 1. The molecule has 2 aromatic rings. The molecule has 0 N–H and O–H groups in total. The SMILES string of the molecule is CC(C)(C#N)c1cccc2c1ncn2SF. The lowest BCUT2D eigenvalue weighted by Gasteiger charge is -2.15. The average Bonchev–Trinajstić information content (AvgIpc) is 2.71. The van der Waals surface area contributed by atoms with Crippen molar-refractivity contribution in [3.05, 3.63) is 30.1 Å². The van der Waals surface area contributed by atoms with Crippen LogP contribution in [-0.2, 0) is 5.41 Å². The van der Waals surface area contributed by atoms with E-state index in [4.69, 9.17) is 5.26 Å². The Morgan fingerprint density at radius 1 is 1.50 bits per heavy atom. The van der Waals surface area contributed by atoms with E-state index >= 15 is 0 Å². The van der Waals surface area contributed by atoms with Gasteiger partial charge in [0.15, 0.2) is 12.3 Å². The summed E-state index contributed by atoms with van der Waals surface area (Å²) in [5.74, 6) is 0. The number of benzene rings is 1. The molecule has 0 fully saturated rings. The lowest BCUT2D eigenvalue weighted by molar-refractivity contribution is 0.692. The monoisotopic (exact) mass is 235 g/mol. The quantitative estimate of drug-likeness (QED) is 0.802. The molecular weight excluding hydrogens is 225 g/mol. The Morgan fingerprint density at radius 3 is 2.88 bits per heavy atom. The number of fused-ring (bicyclic) bond motifs is 1. The normalized spacial score (nSPS) is 11.6. The molecule has 1 aromatic carbocycles. The molecule has 0 atom stereocenters. The molecule has 0 aliphatic rings. The lowest BCUT2D eigenvalue weighted by atomic mass is 9.85. The van der Waals surface area contributed by atoms with Gasteiger partial charge in [0.2, 0.25) is 0 Å². The second-order valence-corrected chi connectivity index (χ2v) is 4.58. The summed E-state index contributed by atoms with van der Waals surface area (Å²) in [6, 6.07) is 7.67. The first-order chi connectivity index (χ1) is 7.60. The Bertz CT molecular complexity index is 568. The first-order valence-electron chi connectivity index (χ1n) is 4.77. The number of hydrogen-bond donors (Lipinski definition) is 0. The highest BCUT2D eigenvalue weighted by molar-refractivity contribution is 7.92. The topological polar surface area (TPSA) is 41.6 Å². The van der Waals surface area contributed by atoms with Crippen molar-refractivity contribution in [1.29, 1.82) is 5.26 Å². The summed E-state index contributed by atoms with van der Waals surface area (Å²) in [6.07, 6.45) is 1.42. The maximum atomic E-state index is 12.6. The summed E-state index contributed by atoms with van der Waals surface area (Å²) in [6.45, 7) is 3.65. The van der Waals surface area contributed by atoms with Crippen molar-refractivity contribution in [2.24, 2.45) is 0 Å². The highest BCUT2D eigenvalue weighted by atomic mass is 32.2. The molecule has 0 saturated heterocycles. The van der Waals surface area contributed by atoms with Crippen molar-refractivity contribution < 1.29 is 3.89 Å². The van der Waals surface area contributed by atoms with Gasteiger partial charge in [0.25, 0.3) is 0 Å². The van der Waals surface area contributed by atoms with Gasteiger partial charge >= 0.3 is 0 Å². The average molecular weight is 235 g/mol. The highest BCUT2D eigenvalue weighted by Gasteiger charge is 2.23. The van der Waals surface area contributed by atoms with Crippen LogP contribution in [-0.4, -0.2) is 8.96 Å². The van der Waals surface area contributed by atoms with Crippen molar-refractivity contribution in [2.45, 2.75) is 19.3 Å². The fourth-order valence-corrected chi connectivity index (χ4v) is 1.94. The van der Waals surface area contributed by atoms with Crippen LogP contribution < -0.4 is 0 Å². The van der Waals surface area contributed by atoms with Crippen LogP contribution in [0.1, 0.15) is 19.4 Å². The minimum absolute atomic E-state index is 0.103. The van der Waals surface area contributed by atoms with Gasteiger partial charge in [-0.2, -0.15) is 5.26 Å². The van der Waals surface area contributed by atoms with Gasteiger partial charge < -0.3 is 0 Å². The molecule has 0 spiro atoms. The smallest absolute Gasteiger partial charge is 0.171 e. The van der Waals surface area contributed by atoms with E-state index in [-0.39, 0.29) is 12.3 Å². The Morgan fingerprint density at radius 2 is 2.25 bits per heavy atom. The molecule has 1 aromatic heterocycles. The number of aromatic nitrogens is 2. The van der Waals surface area contributed by atoms with Crippen LogP contribution in [0.5, 0.6) is 0 Å². The first kappa shape index (κ1) is 11.0. The zero-order valence-corrected chi connectivity index (χ0v) is 9.75. The third-order valence-electron chi connectivity index (χ3n) is 2.57. The van der Waals surface area contributed by atoms with Gasteiger partial charge in [-0.15, -0.1) is 3.89 Å². The molecule has 3 nitrogen and oxygen atoms in total. The van der Waals surface area contributed by atoms with Gasteiger partial charge in [-0.05, 0) is 25.5 Å². The Balaban J connectivity index is 2.74.